The van der Waals surface area contributed by atoms with Crippen molar-refractivity contribution in [2.24, 2.45) is 5.73 Å². The van der Waals surface area contributed by atoms with Crippen molar-refractivity contribution in [3.05, 3.63) is 22.9 Å². The van der Waals surface area contributed by atoms with Crippen molar-refractivity contribution >= 4 is 11.9 Å². The molecule has 0 radical (unpaired) electrons. The Morgan fingerprint density at radius 3 is 2.57 bits per heavy atom. The topological polar surface area (TPSA) is 71.7 Å². The Hall–Kier alpha value is -1.82. The number of nitrogens with zero attached hydrogens (tertiary/aromatic N) is 3. The fourth-order valence-corrected chi connectivity index (χ4v) is 2.67. The minimum Gasteiger partial charge on any atom is -0.450 e. The Kier molecular flexibility index (Phi) is 5.01. The summed E-state index contributed by atoms with van der Waals surface area (Å²) in [6.45, 7) is 9.57. The van der Waals surface area contributed by atoms with Crippen LogP contribution in [0.25, 0.3) is 0 Å². The number of pyridine rings is 1. The van der Waals surface area contributed by atoms with Crippen LogP contribution in [0, 0.1) is 13.8 Å². The zero-order valence-electron chi connectivity index (χ0n) is 13.1. The van der Waals surface area contributed by atoms with Crippen molar-refractivity contribution in [2.75, 3.05) is 37.7 Å². The SMILES string of the molecule is CCOC(=O)N1CCN(c2nc(C)cc(C)c2CN)CC1. The number of aromatic nitrogens is 1. The second-order valence-electron chi connectivity index (χ2n) is 5.26. The van der Waals surface area contributed by atoms with E-state index in [-0.39, 0.29) is 6.09 Å². The zero-order chi connectivity index (χ0) is 15.4. The Balaban J connectivity index is 2.10. The summed E-state index contributed by atoms with van der Waals surface area (Å²) in [7, 11) is 0. The molecule has 6 heteroatoms. The third-order valence-electron chi connectivity index (χ3n) is 3.76. The van der Waals surface area contributed by atoms with E-state index in [2.05, 4.69) is 22.9 Å². The minimum atomic E-state index is -0.232. The molecule has 0 spiro atoms. The molecule has 6 nitrogen and oxygen atoms in total. The monoisotopic (exact) mass is 292 g/mol. The Labute approximate surface area is 125 Å². The predicted octanol–water partition coefficient (Wildman–Crippen LogP) is 1.44. The molecule has 1 aromatic heterocycles. The molecule has 1 amide bonds. The van der Waals surface area contributed by atoms with Gasteiger partial charge in [0.15, 0.2) is 0 Å². The van der Waals surface area contributed by atoms with Crippen molar-refractivity contribution < 1.29 is 9.53 Å². The van der Waals surface area contributed by atoms with Gasteiger partial charge in [-0.25, -0.2) is 9.78 Å². The molecule has 1 aliphatic heterocycles. The molecule has 116 valence electrons. The third-order valence-corrected chi connectivity index (χ3v) is 3.76. The highest BCUT2D eigenvalue weighted by Gasteiger charge is 2.24. The molecular formula is C15H24N4O2. The minimum absolute atomic E-state index is 0.232. The van der Waals surface area contributed by atoms with E-state index in [1.807, 2.05) is 13.8 Å². The van der Waals surface area contributed by atoms with Crippen LogP contribution in [0.3, 0.4) is 0 Å². The van der Waals surface area contributed by atoms with Gasteiger partial charge in [0, 0.05) is 44.0 Å². The first-order valence-electron chi connectivity index (χ1n) is 7.40. The summed E-state index contributed by atoms with van der Waals surface area (Å²) in [4.78, 5) is 20.3. The number of nitrogens with two attached hydrogens (primary N) is 1. The van der Waals surface area contributed by atoms with Gasteiger partial charge in [-0.15, -0.1) is 0 Å². The van der Waals surface area contributed by atoms with E-state index in [0.29, 0.717) is 26.2 Å². The van der Waals surface area contributed by atoms with Crippen LogP contribution in [0.1, 0.15) is 23.7 Å². The Morgan fingerprint density at radius 1 is 1.33 bits per heavy atom. The van der Waals surface area contributed by atoms with E-state index in [4.69, 9.17) is 10.5 Å². The second-order valence-corrected chi connectivity index (χ2v) is 5.26. The zero-order valence-corrected chi connectivity index (χ0v) is 13.1. The molecule has 1 aromatic rings. The molecule has 0 unspecified atom stereocenters. The van der Waals surface area contributed by atoms with Crippen LogP contribution >= 0.6 is 0 Å². The molecule has 2 heterocycles. The molecule has 21 heavy (non-hydrogen) atoms. The first-order valence-corrected chi connectivity index (χ1v) is 7.40. The second kappa shape index (κ2) is 6.76. The maximum absolute atomic E-state index is 11.7. The molecule has 2 N–H and O–H groups in total. The molecule has 2 rings (SSSR count). The molecular weight excluding hydrogens is 268 g/mol. The van der Waals surface area contributed by atoms with Gasteiger partial charge in [0.05, 0.1) is 6.61 Å². The number of anilines is 1. The first kappa shape index (κ1) is 15.6. The molecule has 0 aliphatic carbocycles. The lowest BCUT2D eigenvalue weighted by atomic mass is 10.1. The maximum atomic E-state index is 11.7. The van der Waals surface area contributed by atoms with Gasteiger partial charge >= 0.3 is 6.09 Å². The van der Waals surface area contributed by atoms with Gasteiger partial charge in [-0.05, 0) is 32.4 Å². The summed E-state index contributed by atoms with van der Waals surface area (Å²) in [6, 6.07) is 2.06. The summed E-state index contributed by atoms with van der Waals surface area (Å²) < 4.78 is 5.04. The van der Waals surface area contributed by atoms with Gasteiger partial charge in [0.2, 0.25) is 0 Å². The number of rotatable bonds is 3. The average molecular weight is 292 g/mol. The van der Waals surface area contributed by atoms with E-state index in [1.54, 1.807) is 4.90 Å². The van der Waals surface area contributed by atoms with Gasteiger partial charge in [-0.1, -0.05) is 0 Å². The largest absolute Gasteiger partial charge is 0.450 e. The highest BCUT2D eigenvalue weighted by atomic mass is 16.6. The van der Waals surface area contributed by atoms with Crippen LogP contribution in [0.4, 0.5) is 10.6 Å². The first-order chi connectivity index (χ1) is 10.1. The van der Waals surface area contributed by atoms with Gasteiger partial charge in [0.1, 0.15) is 5.82 Å². The van der Waals surface area contributed by atoms with E-state index in [0.717, 1.165) is 30.2 Å². The lowest BCUT2D eigenvalue weighted by molar-refractivity contribution is 0.105. The van der Waals surface area contributed by atoms with E-state index >= 15 is 0 Å². The highest BCUT2D eigenvalue weighted by molar-refractivity contribution is 5.68. The number of amides is 1. The lowest BCUT2D eigenvalue weighted by Crippen LogP contribution is -2.49. The number of piperazine rings is 1. The van der Waals surface area contributed by atoms with Crippen molar-refractivity contribution in [3.8, 4) is 0 Å². The summed E-state index contributed by atoms with van der Waals surface area (Å²) in [6.07, 6.45) is -0.232. The van der Waals surface area contributed by atoms with Crippen LogP contribution in [0.5, 0.6) is 0 Å². The van der Waals surface area contributed by atoms with E-state index < -0.39 is 0 Å². The fraction of sp³-hybridized carbons (Fsp3) is 0.600. The van der Waals surface area contributed by atoms with Crippen LogP contribution in [0.15, 0.2) is 6.07 Å². The summed E-state index contributed by atoms with van der Waals surface area (Å²) in [5.74, 6) is 0.957. The maximum Gasteiger partial charge on any atom is 0.409 e. The quantitative estimate of drug-likeness (QED) is 0.912. The van der Waals surface area contributed by atoms with Crippen molar-refractivity contribution in [3.63, 3.8) is 0 Å². The molecule has 0 atom stereocenters. The fourth-order valence-electron chi connectivity index (χ4n) is 2.67. The van der Waals surface area contributed by atoms with Crippen molar-refractivity contribution in [1.82, 2.24) is 9.88 Å². The van der Waals surface area contributed by atoms with Gasteiger partial charge in [0.25, 0.3) is 0 Å². The van der Waals surface area contributed by atoms with Crippen molar-refractivity contribution in [2.45, 2.75) is 27.3 Å². The third kappa shape index (κ3) is 3.44. The number of aryl methyl sites for hydroxylation is 2. The van der Waals surface area contributed by atoms with E-state index in [1.165, 1.54) is 5.56 Å². The molecule has 1 saturated heterocycles. The van der Waals surface area contributed by atoms with Crippen molar-refractivity contribution in [1.29, 1.82) is 0 Å². The average Bonchev–Trinajstić information content (AvgIpc) is 2.47. The Bertz CT molecular complexity index is 511. The molecule has 1 fully saturated rings. The predicted molar refractivity (Wildman–Crippen MR) is 82.4 cm³/mol. The standard InChI is InChI=1S/C15H24N4O2/c1-4-21-15(20)19-7-5-18(6-8-19)14-13(10-16)11(2)9-12(3)17-14/h9H,4-8,10,16H2,1-3H3. The van der Waals surface area contributed by atoms with Gasteiger partial charge < -0.3 is 20.3 Å². The van der Waals surface area contributed by atoms with Gasteiger partial charge in [-0.2, -0.15) is 0 Å². The van der Waals surface area contributed by atoms with Crippen LogP contribution in [-0.2, 0) is 11.3 Å². The molecule has 1 aliphatic rings. The normalized spacial score (nSPS) is 15.2. The van der Waals surface area contributed by atoms with Crippen LogP contribution in [0.2, 0.25) is 0 Å². The molecule has 0 bridgehead atoms. The molecule has 0 aromatic carbocycles. The number of hydrogen-bond donors (Lipinski definition) is 1. The number of ether oxygens (including phenoxy) is 1. The number of carbonyl (C=O) groups excluding carboxylic acids is 1. The van der Waals surface area contributed by atoms with Crippen LogP contribution < -0.4 is 10.6 Å². The smallest absolute Gasteiger partial charge is 0.409 e. The highest BCUT2D eigenvalue weighted by Crippen LogP contribution is 2.23. The van der Waals surface area contributed by atoms with E-state index in [9.17, 15) is 4.79 Å². The summed E-state index contributed by atoms with van der Waals surface area (Å²) >= 11 is 0. The van der Waals surface area contributed by atoms with Gasteiger partial charge in [-0.3, -0.25) is 0 Å². The summed E-state index contributed by atoms with van der Waals surface area (Å²) in [5.41, 5.74) is 9.13. The molecule has 0 saturated carbocycles. The summed E-state index contributed by atoms with van der Waals surface area (Å²) in [5, 5.41) is 0. The van der Waals surface area contributed by atoms with Crippen LogP contribution in [-0.4, -0.2) is 48.8 Å². The number of hydrogen-bond acceptors (Lipinski definition) is 5. The Morgan fingerprint density at radius 2 is 2.00 bits per heavy atom. The lowest BCUT2D eigenvalue weighted by Gasteiger charge is -2.36. The number of carbonyl (C=O) groups is 1.